The number of carbonyl (C=O) groups excluding carboxylic acids is 2. The zero-order valence-corrected chi connectivity index (χ0v) is 24.8. The summed E-state index contributed by atoms with van der Waals surface area (Å²) in [6.07, 6.45) is 3.28. The van der Waals surface area contributed by atoms with Crippen molar-refractivity contribution in [3.63, 3.8) is 0 Å². The van der Waals surface area contributed by atoms with Crippen LogP contribution in [0.2, 0.25) is 0 Å². The van der Waals surface area contributed by atoms with Gasteiger partial charge in [-0.1, -0.05) is 66.7 Å². The molecule has 1 aliphatic heterocycles. The topological polar surface area (TPSA) is 89.0 Å². The van der Waals surface area contributed by atoms with Crippen LogP contribution >= 0.6 is 0 Å². The number of pyridine rings is 1. The van der Waals surface area contributed by atoms with Gasteiger partial charge in [-0.05, 0) is 83.3 Å². The number of Topliss-reactive ketones (excluding diaryl/α,β-unsaturated/α-hetero) is 1. The largest absolute Gasteiger partial charge is 0.507 e. The Morgan fingerprint density at radius 2 is 1.36 bits per heavy atom. The van der Waals surface area contributed by atoms with Crippen molar-refractivity contribution >= 4 is 17.4 Å². The van der Waals surface area contributed by atoms with Crippen LogP contribution in [-0.4, -0.2) is 26.7 Å². The maximum absolute atomic E-state index is 13.5. The van der Waals surface area contributed by atoms with E-state index in [1.807, 2.05) is 85.8 Å². The van der Waals surface area contributed by atoms with E-state index in [0.29, 0.717) is 35.8 Å². The number of carbonyl (C=O) groups is 2. The van der Waals surface area contributed by atoms with Gasteiger partial charge >= 0.3 is 0 Å². The van der Waals surface area contributed by atoms with Gasteiger partial charge < -0.3 is 19.5 Å². The molecule has 1 aliphatic rings. The number of aromatic nitrogens is 1. The Kier molecular flexibility index (Phi) is 8.69. The molecule has 5 aromatic rings. The highest BCUT2D eigenvalue weighted by atomic mass is 16.5. The quantitative estimate of drug-likeness (QED) is 0.104. The first-order valence-corrected chi connectivity index (χ1v) is 14.7. The number of ketones is 1. The minimum absolute atomic E-state index is 0.0283. The summed E-state index contributed by atoms with van der Waals surface area (Å²) in [5.41, 5.74) is 5.19. The molecule has 1 unspecified atom stereocenters. The van der Waals surface area contributed by atoms with Crippen LogP contribution in [-0.2, 0) is 29.3 Å². The highest BCUT2D eigenvalue weighted by Crippen LogP contribution is 2.41. The Bertz CT molecular complexity index is 1820. The number of aliphatic hydroxyl groups is 1. The first kappa shape index (κ1) is 29.4. The summed E-state index contributed by atoms with van der Waals surface area (Å²) in [4.78, 5) is 32.5. The van der Waals surface area contributed by atoms with Gasteiger partial charge in [0.25, 0.3) is 11.7 Å². The van der Waals surface area contributed by atoms with Gasteiger partial charge in [-0.2, -0.15) is 0 Å². The monoisotopic (exact) mass is 596 g/mol. The lowest BCUT2D eigenvalue weighted by Crippen LogP contribution is -2.29. The number of amides is 1. The van der Waals surface area contributed by atoms with Gasteiger partial charge in [0, 0.05) is 24.5 Å². The van der Waals surface area contributed by atoms with Gasteiger partial charge in [-0.3, -0.25) is 14.6 Å². The normalized spacial score (nSPS) is 15.7. The lowest BCUT2D eigenvalue weighted by atomic mass is 9.95. The summed E-state index contributed by atoms with van der Waals surface area (Å²) < 4.78 is 11.9. The number of hydrogen-bond acceptors (Lipinski definition) is 6. The van der Waals surface area contributed by atoms with Crippen molar-refractivity contribution in [3.05, 3.63) is 167 Å². The molecule has 1 aromatic heterocycles. The van der Waals surface area contributed by atoms with Gasteiger partial charge in [0.15, 0.2) is 0 Å². The molecule has 1 amide bonds. The number of benzene rings is 4. The summed E-state index contributed by atoms with van der Waals surface area (Å²) in [6.45, 7) is 3.02. The summed E-state index contributed by atoms with van der Waals surface area (Å²) in [5.74, 6) is -0.396. The van der Waals surface area contributed by atoms with Crippen LogP contribution in [0.25, 0.3) is 5.76 Å². The van der Waals surface area contributed by atoms with Crippen molar-refractivity contribution in [2.24, 2.45) is 0 Å². The van der Waals surface area contributed by atoms with E-state index in [9.17, 15) is 14.7 Å². The second-order valence-corrected chi connectivity index (χ2v) is 10.9. The minimum Gasteiger partial charge on any atom is -0.507 e. The van der Waals surface area contributed by atoms with E-state index in [-0.39, 0.29) is 17.9 Å². The van der Waals surface area contributed by atoms with Gasteiger partial charge in [0.05, 0.1) is 11.6 Å². The zero-order chi connectivity index (χ0) is 31.2. The van der Waals surface area contributed by atoms with Crippen molar-refractivity contribution in [2.75, 3.05) is 0 Å². The number of aliphatic hydroxyl groups excluding tert-OH is 1. The third-order valence-corrected chi connectivity index (χ3v) is 7.87. The number of ether oxygens (including phenoxy) is 2. The molecule has 0 aliphatic carbocycles. The van der Waals surface area contributed by atoms with Crippen molar-refractivity contribution in [3.8, 4) is 11.5 Å². The van der Waals surface area contributed by atoms with Gasteiger partial charge in [-0.15, -0.1) is 0 Å². The SMILES string of the molecule is Cc1ccccc1COc1ccc(C(O)=C2C(=O)C(=O)N(Cc3ccncc3)C2c2ccc(OCc3ccccc3)cc2)cc1. The summed E-state index contributed by atoms with van der Waals surface area (Å²) in [6, 6.07) is 34.8. The smallest absolute Gasteiger partial charge is 0.295 e. The third kappa shape index (κ3) is 6.63. The highest BCUT2D eigenvalue weighted by Gasteiger charge is 2.46. The Balaban J connectivity index is 1.29. The van der Waals surface area contributed by atoms with Crippen LogP contribution in [0.3, 0.4) is 0 Å². The van der Waals surface area contributed by atoms with E-state index in [0.717, 1.165) is 22.3 Å². The van der Waals surface area contributed by atoms with E-state index in [4.69, 9.17) is 9.47 Å². The van der Waals surface area contributed by atoms with E-state index in [1.54, 1.807) is 48.8 Å². The fourth-order valence-electron chi connectivity index (χ4n) is 5.36. The lowest BCUT2D eigenvalue weighted by molar-refractivity contribution is -0.140. The van der Waals surface area contributed by atoms with E-state index in [1.165, 1.54) is 4.90 Å². The molecular weight excluding hydrogens is 564 g/mol. The fourth-order valence-corrected chi connectivity index (χ4v) is 5.36. The number of likely N-dealkylation sites (tertiary alicyclic amines) is 1. The zero-order valence-electron chi connectivity index (χ0n) is 24.8. The molecule has 7 heteroatoms. The van der Waals surface area contributed by atoms with Crippen molar-refractivity contribution in [2.45, 2.75) is 32.7 Å². The average Bonchev–Trinajstić information content (AvgIpc) is 3.33. The molecule has 4 aromatic carbocycles. The molecule has 7 nitrogen and oxygen atoms in total. The predicted molar refractivity (Wildman–Crippen MR) is 171 cm³/mol. The lowest BCUT2D eigenvalue weighted by Gasteiger charge is -2.25. The Morgan fingerprint density at radius 1 is 0.733 bits per heavy atom. The number of hydrogen-bond donors (Lipinski definition) is 1. The second-order valence-electron chi connectivity index (χ2n) is 10.9. The number of rotatable bonds is 10. The van der Waals surface area contributed by atoms with Crippen molar-refractivity contribution in [1.29, 1.82) is 0 Å². The maximum atomic E-state index is 13.5. The molecule has 1 fully saturated rings. The maximum Gasteiger partial charge on any atom is 0.295 e. The third-order valence-electron chi connectivity index (χ3n) is 7.87. The Labute approximate surface area is 262 Å². The van der Waals surface area contributed by atoms with Crippen LogP contribution in [0.5, 0.6) is 11.5 Å². The van der Waals surface area contributed by atoms with Crippen LogP contribution in [0.1, 0.15) is 39.4 Å². The average molecular weight is 597 g/mol. The molecule has 1 saturated heterocycles. The molecule has 0 spiro atoms. The van der Waals surface area contributed by atoms with Crippen LogP contribution in [0.15, 0.2) is 133 Å². The molecule has 2 heterocycles. The van der Waals surface area contributed by atoms with E-state index in [2.05, 4.69) is 4.98 Å². The Hall–Kier alpha value is -5.69. The molecule has 1 N–H and O–H groups in total. The first-order chi connectivity index (χ1) is 22.0. The molecule has 0 bridgehead atoms. The predicted octanol–water partition coefficient (Wildman–Crippen LogP) is 7.17. The van der Waals surface area contributed by atoms with Gasteiger partial charge in [0.2, 0.25) is 0 Å². The van der Waals surface area contributed by atoms with Crippen LogP contribution in [0.4, 0.5) is 0 Å². The highest BCUT2D eigenvalue weighted by molar-refractivity contribution is 6.46. The minimum atomic E-state index is -0.807. The summed E-state index contributed by atoms with van der Waals surface area (Å²) in [5, 5.41) is 11.5. The standard InChI is InChI=1S/C38H32N2O5/c1-26-7-5-6-10-31(26)25-45-33-17-13-30(14-18-33)36(41)34-35(40(38(43)37(34)42)23-27-19-21-39-22-20-27)29-11-15-32(16-12-29)44-24-28-8-3-2-4-9-28/h2-22,35,41H,23-25H2,1H3. The van der Waals surface area contributed by atoms with E-state index < -0.39 is 17.7 Å². The summed E-state index contributed by atoms with van der Waals surface area (Å²) >= 11 is 0. The summed E-state index contributed by atoms with van der Waals surface area (Å²) in [7, 11) is 0. The van der Waals surface area contributed by atoms with Gasteiger partial charge in [0.1, 0.15) is 30.5 Å². The van der Waals surface area contributed by atoms with Crippen LogP contribution < -0.4 is 9.47 Å². The van der Waals surface area contributed by atoms with Gasteiger partial charge in [-0.25, -0.2) is 0 Å². The second kappa shape index (κ2) is 13.3. The molecular formula is C38H32N2O5. The van der Waals surface area contributed by atoms with Crippen molar-refractivity contribution < 1.29 is 24.2 Å². The first-order valence-electron chi connectivity index (χ1n) is 14.7. The molecule has 0 saturated carbocycles. The number of nitrogens with zero attached hydrogens (tertiary/aromatic N) is 2. The molecule has 0 radical (unpaired) electrons. The molecule has 6 rings (SSSR count). The molecule has 1 atom stereocenters. The van der Waals surface area contributed by atoms with Crippen molar-refractivity contribution in [1.82, 2.24) is 9.88 Å². The van der Waals surface area contributed by atoms with Crippen LogP contribution in [0, 0.1) is 6.92 Å². The molecule has 224 valence electrons. The fraction of sp³-hybridized carbons (Fsp3) is 0.132. The molecule has 45 heavy (non-hydrogen) atoms. The van der Waals surface area contributed by atoms with E-state index >= 15 is 0 Å². The number of aryl methyl sites for hydroxylation is 1. The Morgan fingerprint density at radius 3 is 2.04 bits per heavy atom.